The summed E-state index contributed by atoms with van der Waals surface area (Å²) >= 11 is 0. The molecule has 0 saturated heterocycles. The first-order valence-electron chi connectivity index (χ1n) is 5.50. The van der Waals surface area contributed by atoms with Gasteiger partial charge < -0.3 is 4.98 Å². The zero-order valence-electron chi connectivity index (χ0n) is 9.45. The molecule has 5 nitrogen and oxygen atoms in total. The summed E-state index contributed by atoms with van der Waals surface area (Å²) in [6.45, 7) is 0. The molecule has 0 unspecified atom stereocenters. The zero-order chi connectivity index (χ0) is 12.4. The number of aromatic nitrogens is 4. The van der Waals surface area contributed by atoms with Gasteiger partial charge >= 0.3 is 5.69 Å². The molecule has 1 N–H and O–H groups in total. The minimum Gasteiger partial charge on any atom is -0.313 e. The molecule has 0 saturated carbocycles. The Balaban J connectivity index is 2.16. The van der Waals surface area contributed by atoms with E-state index < -0.39 is 0 Å². The van der Waals surface area contributed by atoms with Crippen molar-refractivity contribution >= 4 is 0 Å². The average Bonchev–Trinajstić information content (AvgIpc) is 2.89. The third kappa shape index (κ3) is 1.82. The zero-order valence-corrected chi connectivity index (χ0v) is 9.45. The monoisotopic (exact) mass is 238 g/mol. The van der Waals surface area contributed by atoms with E-state index in [4.69, 9.17) is 0 Å². The number of rotatable bonds is 2. The highest BCUT2D eigenvalue weighted by Gasteiger charge is 2.08. The fourth-order valence-corrected chi connectivity index (χ4v) is 1.79. The third-order valence-corrected chi connectivity index (χ3v) is 2.58. The number of nitrogens with one attached hydrogen (secondary N) is 1. The van der Waals surface area contributed by atoms with Crippen LogP contribution < -0.4 is 5.69 Å². The van der Waals surface area contributed by atoms with Crippen LogP contribution >= 0.6 is 0 Å². The van der Waals surface area contributed by atoms with Gasteiger partial charge in [0, 0.05) is 6.20 Å². The Hall–Kier alpha value is -2.69. The van der Waals surface area contributed by atoms with E-state index in [2.05, 4.69) is 15.1 Å². The molecule has 1 aromatic carbocycles. The molecule has 0 aliphatic rings. The number of benzene rings is 1. The molecule has 88 valence electrons. The Kier molecular flexibility index (Phi) is 2.49. The van der Waals surface area contributed by atoms with Gasteiger partial charge in [-0.25, -0.2) is 9.48 Å². The van der Waals surface area contributed by atoms with Crippen molar-refractivity contribution in [2.24, 2.45) is 0 Å². The normalized spacial score (nSPS) is 10.4. The van der Waals surface area contributed by atoms with Gasteiger partial charge in [0.15, 0.2) is 0 Å². The van der Waals surface area contributed by atoms with Crippen molar-refractivity contribution in [3.8, 4) is 17.1 Å². The minimum atomic E-state index is -0.367. The van der Waals surface area contributed by atoms with Crippen molar-refractivity contribution in [3.63, 3.8) is 0 Å². The molecule has 0 spiro atoms. The maximum atomic E-state index is 11.2. The molecular formula is C13H10N4O. The predicted octanol–water partition coefficient (Wildman–Crippen LogP) is 1.62. The van der Waals surface area contributed by atoms with Crippen LogP contribution in [0.25, 0.3) is 17.1 Å². The van der Waals surface area contributed by atoms with E-state index in [9.17, 15) is 4.79 Å². The number of nitrogens with zero attached hydrogens (tertiary/aromatic N) is 3. The van der Waals surface area contributed by atoms with Gasteiger partial charge in [0.2, 0.25) is 0 Å². The summed E-state index contributed by atoms with van der Waals surface area (Å²) < 4.78 is 1.75. The highest BCUT2D eigenvalue weighted by atomic mass is 16.1. The van der Waals surface area contributed by atoms with Crippen molar-refractivity contribution in [3.05, 3.63) is 65.3 Å². The van der Waals surface area contributed by atoms with Crippen LogP contribution in [0.15, 0.2) is 59.7 Å². The van der Waals surface area contributed by atoms with Crippen LogP contribution in [0.3, 0.4) is 0 Å². The Morgan fingerprint density at radius 1 is 1.06 bits per heavy atom. The molecule has 0 aliphatic heterocycles. The van der Waals surface area contributed by atoms with Crippen LogP contribution in [0.4, 0.5) is 0 Å². The van der Waals surface area contributed by atoms with Crippen LogP contribution in [-0.4, -0.2) is 19.7 Å². The van der Waals surface area contributed by atoms with Crippen molar-refractivity contribution in [1.82, 2.24) is 19.7 Å². The van der Waals surface area contributed by atoms with Crippen LogP contribution in [0.1, 0.15) is 0 Å². The lowest BCUT2D eigenvalue weighted by Gasteiger charge is -2.06. The summed E-state index contributed by atoms with van der Waals surface area (Å²) in [5, 5.41) is 4.26. The first-order chi connectivity index (χ1) is 8.84. The first-order valence-corrected chi connectivity index (χ1v) is 5.50. The number of aromatic amines is 1. The molecule has 3 aromatic rings. The van der Waals surface area contributed by atoms with Gasteiger partial charge in [-0.15, -0.1) is 0 Å². The van der Waals surface area contributed by atoms with Crippen molar-refractivity contribution in [2.75, 3.05) is 0 Å². The summed E-state index contributed by atoms with van der Waals surface area (Å²) in [5.74, 6) is 0. The molecule has 3 rings (SSSR count). The number of hydrogen-bond acceptors (Lipinski definition) is 3. The maximum Gasteiger partial charge on any atom is 0.345 e. The first kappa shape index (κ1) is 10.5. The molecule has 2 heterocycles. The summed E-state index contributed by atoms with van der Waals surface area (Å²) in [5.41, 5.74) is 1.94. The molecule has 0 amide bonds. The molecule has 2 aromatic heterocycles. The van der Waals surface area contributed by atoms with Gasteiger partial charge in [-0.05, 0) is 24.3 Å². The summed E-state index contributed by atoms with van der Waals surface area (Å²) in [7, 11) is 0. The fourth-order valence-electron chi connectivity index (χ4n) is 1.79. The number of hydrogen-bond donors (Lipinski definition) is 1. The lowest BCUT2D eigenvalue weighted by atomic mass is 10.2. The Morgan fingerprint density at radius 3 is 2.67 bits per heavy atom. The van der Waals surface area contributed by atoms with Crippen molar-refractivity contribution in [1.29, 1.82) is 0 Å². The van der Waals surface area contributed by atoms with E-state index in [0.29, 0.717) is 5.69 Å². The van der Waals surface area contributed by atoms with Crippen LogP contribution in [-0.2, 0) is 0 Å². The summed E-state index contributed by atoms with van der Waals surface area (Å²) in [6.07, 6.45) is 3.26. The van der Waals surface area contributed by atoms with E-state index in [1.807, 2.05) is 36.4 Å². The van der Waals surface area contributed by atoms with Crippen LogP contribution in [0.2, 0.25) is 0 Å². The molecular weight excluding hydrogens is 228 g/mol. The summed E-state index contributed by atoms with van der Waals surface area (Å²) in [4.78, 5) is 17.7. The van der Waals surface area contributed by atoms with Crippen molar-refractivity contribution in [2.45, 2.75) is 0 Å². The van der Waals surface area contributed by atoms with Gasteiger partial charge in [0.05, 0.1) is 23.3 Å². The predicted molar refractivity (Wildman–Crippen MR) is 67.4 cm³/mol. The largest absolute Gasteiger partial charge is 0.345 e. The van der Waals surface area contributed by atoms with Crippen LogP contribution in [0, 0.1) is 0 Å². The number of para-hydroxylation sites is 1. The summed E-state index contributed by atoms with van der Waals surface area (Å²) in [6, 6.07) is 13.3. The molecule has 0 radical (unpaired) electrons. The second-order valence-electron chi connectivity index (χ2n) is 3.74. The van der Waals surface area contributed by atoms with Crippen LogP contribution in [0.5, 0.6) is 0 Å². The molecule has 5 heteroatoms. The van der Waals surface area contributed by atoms with Gasteiger partial charge in [0.1, 0.15) is 0 Å². The smallest absolute Gasteiger partial charge is 0.313 e. The quantitative estimate of drug-likeness (QED) is 0.738. The Bertz CT molecular complexity index is 715. The van der Waals surface area contributed by atoms with Gasteiger partial charge in [-0.2, -0.15) is 10.1 Å². The minimum absolute atomic E-state index is 0.367. The molecule has 0 fully saturated rings. The molecule has 0 aliphatic carbocycles. The van der Waals surface area contributed by atoms with E-state index >= 15 is 0 Å². The van der Waals surface area contributed by atoms with E-state index in [1.165, 1.54) is 0 Å². The maximum absolute atomic E-state index is 11.2. The lowest BCUT2D eigenvalue weighted by Crippen LogP contribution is -2.10. The Labute approximate surface area is 103 Å². The number of H-pyrrole nitrogens is 1. The third-order valence-electron chi connectivity index (χ3n) is 2.58. The topological polar surface area (TPSA) is 63.6 Å². The standard InChI is InChI=1S/C13H10N4O/c18-13-14-8-6-11(16-13)12-7-9-15-17(12)10-4-2-1-3-5-10/h1-9H,(H,14,16,18). The SMILES string of the molecule is O=c1nc(-c2ccnn2-c2ccccc2)cc[nH]1. The lowest BCUT2D eigenvalue weighted by molar-refractivity contribution is 0.881. The molecule has 18 heavy (non-hydrogen) atoms. The van der Waals surface area contributed by atoms with Crippen molar-refractivity contribution < 1.29 is 0 Å². The second-order valence-corrected chi connectivity index (χ2v) is 3.74. The van der Waals surface area contributed by atoms with E-state index in [1.54, 1.807) is 23.1 Å². The second kappa shape index (κ2) is 4.29. The van der Waals surface area contributed by atoms with Gasteiger partial charge in [-0.1, -0.05) is 18.2 Å². The molecule has 0 atom stereocenters. The molecule has 0 bridgehead atoms. The van der Waals surface area contributed by atoms with E-state index in [-0.39, 0.29) is 5.69 Å². The van der Waals surface area contributed by atoms with Gasteiger partial charge in [-0.3, -0.25) is 0 Å². The average molecular weight is 238 g/mol. The van der Waals surface area contributed by atoms with E-state index in [0.717, 1.165) is 11.4 Å². The Morgan fingerprint density at radius 2 is 1.89 bits per heavy atom. The highest BCUT2D eigenvalue weighted by Crippen LogP contribution is 2.18. The van der Waals surface area contributed by atoms with Gasteiger partial charge in [0.25, 0.3) is 0 Å². The highest BCUT2D eigenvalue weighted by molar-refractivity contribution is 5.56. The fraction of sp³-hybridized carbons (Fsp3) is 0.